The van der Waals surface area contributed by atoms with Crippen molar-refractivity contribution in [2.24, 2.45) is 0 Å². The van der Waals surface area contributed by atoms with Gasteiger partial charge in [0.1, 0.15) is 11.6 Å². The van der Waals surface area contributed by atoms with E-state index in [4.69, 9.17) is 9.84 Å². The van der Waals surface area contributed by atoms with Gasteiger partial charge in [-0.15, -0.1) is 0 Å². The summed E-state index contributed by atoms with van der Waals surface area (Å²) in [5.41, 5.74) is -0.681. The highest BCUT2D eigenvalue weighted by molar-refractivity contribution is 5.75. The van der Waals surface area contributed by atoms with E-state index in [1.165, 1.54) is 0 Å². The maximum absolute atomic E-state index is 11.6. The summed E-state index contributed by atoms with van der Waals surface area (Å²) in [6.07, 6.45) is 1.85. The van der Waals surface area contributed by atoms with E-state index in [9.17, 15) is 4.79 Å². The molecule has 0 aromatic heterocycles. The molecule has 4 heteroatoms. The van der Waals surface area contributed by atoms with Crippen molar-refractivity contribution in [2.75, 3.05) is 6.61 Å². The number of aliphatic hydroxyl groups is 1. The van der Waals surface area contributed by atoms with Crippen LogP contribution < -0.4 is 5.32 Å². The van der Waals surface area contributed by atoms with Gasteiger partial charge < -0.3 is 9.84 Å². The lowest BCUT2D eigenvalue weighted by atomic mass is 10.2. The number of nitrogens with one attached hydrogen (secondary N) is 1. The third-order valence-electron chi connectivity index (χ3n) is 2.44. The highest BCUT2D eigenvalue weighted by atomic mass is 16.6. The molecule has 4 nitrogen and oxygen atoms in total. The first-order valence-corrected chi connectivity index (χ1v) is 5.39. The van der Waals surface area contributed by atoms with E-state index in [0.29, 0.717) is 0 Å². The molecule has 1 unspecified atom stereocenters. The second-order valence-corrected chi connectivity index (χ2v) is 5.34. The quantitative estimate of drug-likeness (QED) is 0.682. The molecular weight excluding hydrogens is 194 g/mol. The Labute approximate surface area is 91.0 Å². The fourth-order valence-corrected chi connectivity index (χ4v) is 1.41. The summed E-state index contributed by atoms with van der Waals surface area (Å²) in [5.74, 6) is -0.262. The maximum Gasteiger partial charge on any atom is 0.323 e. The van der Waals surface area contributed by atoms with E-state index >= 15 is 0 Å². The third-order valence-corrected chi connectivity index (χ3v) is 2.44. The minimum absolute atomic E-state index is 0.0835. The molecule has 1 rings (SSSR count). The lowest BCUT2D eigenvalue weighted by molar-refractivity contribution is -0.157. The predicted molar refractivity (Wildman–Crippen MR) is 57.5 cm³/mol. The Kier molecular flexibility index (Phi) is 3.41. The van der Waals surface area contributed by atoms with Crippen LogP contribution in [-0.4, -0.2) is 34.9 Å². The minimum Gasteiger partial charge on any atom is -0.459 e. The van der Waals surface area contributed by atoms with Crippen molar-refractivity contribution in [2.45, 2.75) is 57.7 Å². The topological polar surface area (TPSA) is 58.6 Å². The number of esters is 1. The third kappa shape index (κ3) is 3.80. The van der Waals surface area contributed by atoms with Crippen LogP contribution in [0, 0.1) is 0 Å². The largest absolute Gasteiger partial charge is 0.459 e. The van der Waals surface area contributed by atoms with Crippen LogP contribution in [0.25, 0.3) is 0 Å². The van der Waals surface area contributed by atoms with Crippen LogP contribution in [0.5, 0.6) is 0 Å². The molecule has 2 N–H and O–H groups in total. The van der Waals surface area contributed by atoms with E-state index in [-0.39, 0.29) is 24.2 Å². The molecule has 1 atom stereocenters. The number of hydrogen-bond donors (Lipinski definition) is 2. The Morgan fingerprint density at radius 3 is 2.40 bits per heavy atom. The zero-order valence-electron chi connectivity index (χ0n) is 9.96. The summed E-state index contributed by atoms with van der Waals surface area (Å²) >= 11 is 0. The number of ether oxygens (including phenoxy) is 1. The highest BCUT2D eigenvalue weighted by Gasteiger charge is 2.44. The molecular formula is C11H21NO3. The Morgan fingerprint density at radius 1 is 1.53 bits per heavy atom. The summed E-state index contributed by atoms with van der Waals surface area (Å²) in [7, 11) is 0. The Hall–Kier alpha value is -0.610. The van der Waals surface area contributed by atoms with Crippen molar-refractivity contribution in [3.63, 3.8) is 0 Å². The van der Waals surface area contributed by atoms with E-state index in [0.717, 1.165) is 12.8 Å². The summed E-state index contributed by atoms with van der Waals surface area (Å²) < 4.78 is 5.23. The van der Waals surface area contributed by atoms with Crippen LogP contribution in [0.2, 0.25) is 0 Å². The van der Waals surface area contributed by atoms with Crippen LogP contribution in [0.4, 0.5) is 0 Å². The molecule has 15 heavy (non-hydrogen) atoms. The Balaban J connectivity index is 2.40. The van der Waals surface area contributed by atoms with Gasteiger partial charge in [-0.05, 0) is 40.5 Å². The minimum atomic E-state index is -0.455. The van der Waals surface area contributed by atoms with Gasteiger partial charge in [0.05, 0.1) is 6.61 Å². The van der Waals surface area contributed by atoms with Gasteiger partial charge in [-0.25, -0.2) is 0 Å². The van der Waals surface area contributed by atoms with E-state index in [1.54, 1.807) is 6.92 Å². The normalized spacial score (nSPS) is 20.9. The molecule has 0 aliphatic heterocycles. The van der Waals surface area contributed by atoms with Crippen molar-refractivity contribution >= 4 is 5.97 Å². The lowest BCUT2D eigenvalue weighted by Crippen LogP contribution is -2.47. The van der Waals surface area contributed by atoms with Gasteiger partial charge in [-0.1, -0.05) is 0 Å². The molecule has 1 fully saturated rings. The zero-order chi connectivity index (χ0) is 11.7. The van der Waals surface area contributed by atoms with Gasteiger partial charge in [-0.3, -0.25) is 10.1 Å². The Bertz CT molecular complexity index is 241. The first-order chi connectivity index (χ1) is 6.78. The van der Waals surface area contributed by atoms with Gasteiger partial charge in [0, 0.05) is 5.54 Å². The monoisotopic (exact) mass is 215 g/mol. The van der Waals surface area contributed by atoms with Crippen LogP contribution in [0.1, 0.15) is 40.5 Å². The molecule has 0 aromatic carbocycles. The summed E-state index contributed by atoms with van der Waals surface area (Å²) in [6, 6.07) is -0.362. The molecule has 1 saturated carbocycles. The zero-order valence-corrected chi connectivity index (χ0v) is 9.96. The molecule has 0 bridgehead atoms. The number of aliphatic hydroxyl groups excluding tert-OH is 1. The van der Waals surface area contributed by atoms with Gasteiger partial charge in [0.25, 0.3) is 0 Å². The second kappa shape index (κ2) is 4.10. The summed E-state index contributed by atoms with van der Waals surface area (Å²) in [5, 5.41) is 12.2. The maximum atomic E-state index is 11.6. The van der Waals surface area contributed by atoms with Crippen molar-refractivity contribution < 1.29 is 14.6 Å². The highest BCUT2D eigenvalue weighted by Crippen LogP contribution is 2.35. The SMILES string of the molecule is CC(NC1(CO)CC1)C(=O)OC(C)(C)C. The average Bonchev–Trinajstić information content (AvgIpc) is 2.82. The number of hydrogen-bond acceptors (Lipinski definition) is 4. The van der Waals surface area contributed by atoms with Crippen molar-refractivity contribution in [3.05, 3.63) is 0 Å². The lowest BCUT2D eigenvalue weighted by Gasteiger charge is -2.25. The summed E-state index contributed by atoms with van der Waals surface area (Å²) in [6.45, 7) is 7.38. The average molecular weight is 215 g/mol. The van der Waals surface area contributed by atoms with E-state index < -0.39 is 5.60 Å². The number of rotatable bonds is 4. The van der Waals surface area contributed by atoms with Gasteiger partial charge >= 0.3 is 5.97 Å². The molecule has 0 radical (unpaired) electrons. The first kappa shape index (κ1) is 12.5. The standard InChI is InChI=1S/C11H21NO3/c1-8(9(14)15-10(2,3)4)12-11(7-13)5-6-11/h8,12-13H,5-7H2,1-4H3. The number of carbonyl (C=O) groups excluding carboxylic acids is 1. The molecule has 1 aliphatic carbocycles. The fourth-order valence-electron chi connectivity index (χ4n) is 1.41. The van der Waals surface area contributed by atoms with Gasteiger partial charge in [0.15, 0.2) is 0 Å². The smallest absolute Gasteiger partial charge is 0.323 e. The molecule has 0 spiro atoms. The second-order valence-electron chi connectivity index (χ2n) is 5.34. The van der Waals surface area contributed by atoms with Crippen molar-refractivity contribution in [1.82, 2.24) is 5.32 Å². The van der Waals surface area contributed by atoms with E-state index in [2.05, 4.69) is 5.32 Å². The molecule has 0 amide bonds. The molecule has 1 aliphatic rings. The van der Waals surface area contributed by atoms with Crippen molar-refractivity contribution in [3.8, 4) is 0 Å². The summed E-state index contributed by atoms with van der Waals surface area (Å²) in [4.78, 5) is 11.6. The first-order valence-electron chi connectivity index (χ1n) is 5.39. The van der Waals surface area contributed by atoms with Crippen LogP contribution in [-0.2, 0) is 9.53 Å². The van der Waals surface area contributed by atoms with E-state index in [1.807, 2.05) is 20.8 Å². The van der Waals surface area contributed by atoms with Crippen molar-refractivity contribution in [1.29, 1.82) is 0 Å². The van der Waals surface area contributed by atoms with Crippen LogP contribution >= 0.6 is 0 Å². The fraction of sp³-hybridized carbons (Fsp3) is 0.909. The van der Waals surface area contributed by atoms with Crippen LogP contribution in [0.15, 0.2) is 0 Å². The van der Waals surface area contributed by atoms with Crippen LogP contribution in [0.3, 0.4) is 0 Å². The predicted octanol–water partition coefficient (Wildman–Crippen LogP) is 0.831. The molecule has 88 valence electrons. The number of carbonyl (C=O) groups is 1. The van der Waals surface area contributed by atoms with Gasteiger partial charge in [0.2, 0.25) is 0 Å². The van der Waals surface area contributed by atoms with Gasteiger partial charge in [-0.2, -0.15) is 0 Å². The molecule has 0 heterocycles. The molecule has 0 aromatic rings. The molecule has 0 saturated heterocycles. The Morgan fingerprint density at radius 2 is 2.07 bits per heavy atom.